The summed E-state index contributed by atoms with van der Waals surface area (Å²) in [7, 11) is 0. The molecule has 1 aromatic heterocycles. The van der Waals surface area contributed by atoms with Gasteiger partial charge in [0.1, 0.15) is 11.5 Å². The van der Waals surface area contributed by atoms with Gasteiger partial charge in [-0.25, -0.2) is 0 Å². The second-order valence-electron chi connectivity index (χ2n) is 8.29. The number of furan rings is 1. The molecule has 8 heteroatoms. The summed E-state index contributed by atoms with van der Waals surface area (Å²) in [5.41, 5.74) is 2.47. The van der Waals surface area contributed by atoms with Gasteiger partial charge in [-0.1, -0.05) is 36.2 Å². The van der Waals surface area contributed by atoms with Gasteiger partial charge in [0, 0.05) is 55.6 Å². The fourth-order valence-corrected chi connectivity index (χ4v) is 4.36. The van der Waals surface area contributed by atoms with E-state index in [1.807, 2.05) is 42.2 Å². The molecule has 4 rings (SSSR count). The SMILES string of the molecule is CCCC(=O)N1CCN(c2ccc(NC(=O)C=Cc3ccc(-c4cccc(Cl)c4Cl)o3)cc2)CC1. The Morgan fingerprint density at radius 2 is 1.74 bits per heavy atom. The lowest BCUT2D eigenvalue weighted by atomic mass is 10.2. The van der Waals surface area contributed by atoms with E-state index in [-0.39, 0.29) is 11.8 Å². The average Bonchev–Trinajstić information content (AvgIpc) is 3.34. The van der Waals surface area contributed by atoms with Crippen molar-refractivity contribution in [2.45, 2.75) is 19.8 Å². The molecule has 2 amide bonds. The molecule has 35 heavy (non-hydrogen) atoms. The Balaban J connectivity index is 1.30. The Kier molecular flexibility index (Phi) is 8.16. The number of amides is 2. The number of nitrogens with one attached hydrogen (secondary N) is 1. The van der Waals surface area contributed by atoms with Gasteiger partial charge in [-0.2, -0.15) is 0 Å². The Morgan fingerprint density at radius 1 is 1.00 bits per heavy atom. The van der Waals surface area contributed by atoms with Crippen LogP contribution in [0.25, 0.3) is 17.4 Å². The van der Waals surface area contributed by atoms with Gasteiger partial charge in [-0.05, 0) is 61.0 Å². The van der Waals surface area contributed by atoms with Gasteiger partial charge in [0.2, 0.25) is 11.8 Å². The Labute approximate surface area is 215 Å². The van der Waals surface area contributed by atoms with Crippen molar-refractivity contribution in [3.8, 4) is 11.3 Å². The van der Waals surface area contributed by atoms with Crippen LogP contribution >= 0.6 is 23.2 Å². The third kappa shape index (κ3) is 6.27. The third-order valence-electron chi connectivity index (χ3n) is 5.84. The molecular formula is C27H27Cl2N3O3. The van der Waals surface area contributed by atoms with Crippen LogP contribution in [0.4, 0.5) is 11.4 Å². The van der Waals surface area contributed by atoms with E-state index in [4.69, 9.17) is 27.6 Å². The number of hydrogen-bond donors (Lipinski definition) is 1. The Bertz CT molecular complexity index is 1210. The zero-order valence-electron chi connectivity index (χ0n) is 19.5. The highest BCUT2D eigenvalue weighted by molar-refractivity contribution is 6.43. The van der Waals surface area contributed by atoms with E-state index in [0.717, 1.165) is 38.3 Å². The van der Waals surface area contributed by atoms with Crippen LogP contribution in [0.2, 0.25) is 10.0 Å². The summed E-state index contributed by atoms with van der Waals surface area (Å²) >= 11 is 12.3. The lowest BCUT2D eigenvalue weighted by Crippen LogP contribution is -2.48. The minimum absolute atomic E-state index is 0.234. The molecule has 182 valence electrons. The summed E-state index contributed by atoms with van der Waals surface area (Å²) in [5.74, 6) is 1.07. The molecule has 0 radical (unpaired) electrons. The number of rotatable bonds is 7. The molecule has 0 unspecified atom stereocenters. The summed E-state index contributed by atoms with van der Waals surface area (Å²) in [4.78, 5) is 28.6. The van der Waals surface area contributed by atoms with E-state index >= 15 is 0 Å². The number of carbonyl (C=O) groups is 2. The third-order valence-corrected chi connectivity index (χ3v) is 6.66. The van der Waals surface area contributed by atoms with Crippen LogP contribution < -0.4 is 10.2 Å². The first kappa shape index (κ1) is 24.9. The van der Waals surface area contributed by atoms with Crippen LogP contribution in [0.15, 0.2) is 65.1 Å². The van der Waals surface area contributed by atoms with Gasteiger partial charge < -0.3 is 19.5 Å². The number of piperazine rings is 1. The molecule has 2 aromatic carbocycles. The fraction of sp³-hybridized carbons (Fsp3) is 0.259. The van der Waals surface area contributed by atoms with Gasteiger partial charge in [0.25, 0.3) is 0 Å². The van der Waals surface area contributed by atoms with E-state index in [1.165, 1.54) is 6.08 Å². The van der Waals surface area contributed by atoms with Gasteiger partial charge >= 0.3 is 0 Å². The Hall–Kier alpha value is -3.22. The lowest BCUT2D eigenvalue weighted by Gasteiger charge is -2.36. The zero-order chi connectivity index (χ0) is 24.8. The molecule has 0 aliphatic carbocycles. The zero-order valence-corrected chi connectivity index (χ0v) is 21.0. The first-order valence-electron chi connectivity index (χ1n) is 11.6. The van der Waals surface area contributed by atoms with E-state index in [0.29, 0.717) is 39.2 Å². The summed E-state index contributed by atoms with van der Waals surface area (Å²) in [6.07, 6.45) is 4.51. The van der Waals surface area contributed by atoms with E-state index in [9.17, 15) is 9.59 Å². The smallest absolute Gasteiger partial charge is 0.248 e. The molecule has 2 heterocycles. The molecule has 1 fully saturated rings. The van der Waals surface area contributed by atoms with Crippen LogP contribution in [0, 0.1) is 0 Å². The van der Waals surface area contributed by atoms with Crippen LogP contribution in [0.1, 0.15) is 25.5 Å². The molecule has 0 saturated carbocycles. The highest BCUT2D eigenvalue weighted by Gasteiger charge is 2.20. The molecule has 6 nitrogen and oxygen atoms in total. The van der Waals surface area contributed by atoms with Crippen molar-refractivity contribution in [1.29, 1.82) is 0 Å². The summed E-state index contributed by atoms with van der Waals surface area (Å²) in [6, 6.07) is 16.6. The molecule has 1 aliphatic heterocycles. The van der Waals surface area contributed by atoms with Gasteiger partial charge in [-0.15, -0.1) is 0 Å². The number of anilines is 2. The maximum atomic E-state index is 12.4. The van der Waals surface area contributed by atoms with Crippen molar-refractivity contribution in [3.05, 3.63) is 76.5 Å². The van der Waals surface area contributed by atoms with Crippen LogP contribution in [-0.4, -0.2) is 42.9 Å². The molecule has 1 saturated heterocycles. The predicted octanol–water partition coefficient (Wildman–Crippen LogP) is 6.35. The molecule has 0 atom stereocenters. The molecular weight excluding hydrogens is 485 g/mol. The summed E-state index contributed by atoms with van der Waals surface area (Å²) in [6.45, 7) is 5.10. The van der Waals surface area contributed by atoms with Crippen molar-refractivity contribution in [2.75, 3.05) is 36.4 Å². The van der Waals surface area contributed by atoms with E-state index in [1.54, 1.807) is 30.3 Å². The van der Waals surface area contributed by atoms with Gasteiger partial charge in [-0.3, -0.25) is 9.59 Å². The summed E-state index contributed by atoms with van der Waals surface area (Å²) < 4.78 is 5.78. The largest absolute Gasteiger partial charge is 0.457 e. The standard InChI is InChI=1S/C27H27Cl2N3O3/c1-2-4-26(34)32-17-15-31(16-18-32)20-9-7-19(8-10-20)30-25(33)14-12-21-11-13-24(35-21)22-5-3-6-23(28)27(22)29/h3,5-14H,2,4,15-18H2,1H3,(H,30,33). The van der Waals surface area contributed by atoms with E-state index in [2.05, 4.69) is 10.2 Å². The minimum Gasteiger partial charge on any atom is -0.457 e. The van der Waals surface area contributed by atoms with Gasteiger partial charge in [0.15, 0.2) is 0 Å². The van der Waals surface area contributed by atoms with Gasteiger partial charge in [0.05, 0.1) is 10.0 Å². The van der Waals surface area contributed by atoms with Crippen LogP contribution in [0.5, 0.6) is 0 Å². The Morgan fingerprint density at radius 3 is 2.46 bits per heavy atom. The molecule has 0 spiro atoms. The second-order valence-corrected chi connectivity index (χ2v) is 9.08. The second kappa shape index (κ2) is 11.5. The first-order valence-corrected chi connectivity index (χ1v) is 12.4. The highest BCUT2D eigenvalue weighted by atomic mass is 35.5. The predicted molar refractivity (Wildman–Crippen MR) is 142 cm³/mol. The molecule has 3 aromatic rings. The normalized spacial score (nSPS) is 13.9. The maximum Gasteiger partial charge on any atom is 0.248 e. The average molecular weight is 512 g/mol. The summed E-state index contributed by atoms with van der Waals surface area (Å²) in [5, 5.41) is 3.73. The van der Waals surface area contributed by atoms with Crippen LogP contribution in [0.3, 0.4) is 0 Å². The molecule has 0 bridgehead atoms. The van der Waals surface area contributed by atoms with Crippen molar-refractivity contribution >= 4 is 52.5 Å². The number of nitrogens with zero attached hydrogens (tertiary/aromatic N) is 2. The van der Waals surface area contributed by atoms with Crippen molar-refractivity contribution in [1.82, 2.24) is 4.90 Å². The first-order chi connectivity index (χ1) is 16.9. The molecule has 1 aliphatic rings. The quantitative estimate of drug-likeness (QED) is 0.375. The number of carbonyl (C=O) groups excluding carboxylic acids is 2. The number of benzene rings is 2. The minimum atomic E-state index is -0.264. The van der Waals surface area contributed by atoms with Crippen LogP contribution in [-0.2, 0) is 9.59 Å². The lowest BCUT2D eigenvalue weighted by molar-refractivity contribution is -0.131. The highest BCUT2D eigenvalue weighted by Crippen LogP contribution is 2.34. The van der Waals surface area contributed by atoms with Crippen molar-refractivity contribution in [2.24, 2.45) is 0 Å². The van der Waals surface area contributed by atoms with E-state index < -0.39 is 0 Å². The molecule has 1 N–H and O–H groups in total. The fourth-order valence-electron chi connectivity index (χ4n) is 3.96. The number of halogens is 2. The van der Waals surface area contributed by atoms with Crippen molar-refractivity contribution < 1.29 is 14.0 Å². The maximum absolute atomic E-state index is 12.4. The number of hydrogen-bond acceptors (Lipinski definition) is 4. The topological polar surface area (TPSA) is 65.8 Å². The van der Waals surface area contributed by atoms with Crippen molar-refractivity contribution in [3.63, 3.8) is 0 Å². The monoisotopic (exact) mass is 511 g/mol.